The third-order valence-electron chi connectivity index (χ3n) is 3.89. The van der Waals surface area contributed by atoms with E-state index >= 15 is 0 Å². The smallest absolute Gasteiger partial charge is 0.0281 e. The van der Waals surface area contributed by atoms with E-state index in [1.165, 1.54) is 27.8 Å². The van der Waals surface area contributed by atoms with E-state index in [1.807, 2.05) is 0 Å². The van der Waals surface area contributed by atoms with E-state index in [1.54, 1.807) is 0 Å². The van der Waals surface area contributed by atoms with E-state index in [0.717, 1.165) is 0 Å². The lowest BCUT2D eigenvalue weighted by molar-refractivity contribution is 1.09. The van der Waals surface area contributed by atoms with Crippen molar-refractivity contribution in [3.8, 4) is 0 Å². The Labute approximate surface area is 115 Å². The van der Waals surface area contributed by atoms with Crippen LogP contribution in [0.15, 0.2) is 66.8 Å². The molecule has 1 aliphatic rings. The zero-order valence-corrected chi connectivity index (χ0v) is 11.4. The van der Waals surface area contributed by atoms with Gasteiger partial charge in [0.2, 0.25) is 0 Å². The molecule has 19 heavy (non-hydrogen) atoms. The summed E-state index contributed by atoms with van der Waals surface area (Å²) in [6.07, 6.45) is 6.72. The minimum Gasteiger partial charge on any atom is -0.0726 e. The molecule has 0 saturated heterocycles. The molecule has 0 amide bonds. The molecule has 0 saturated carbocycles. The number of hydrogen-bond acceptors (Lipinski definition) is 0. The average Bonchev–Trinajstić information content (AvgIpc) is 2.89. The lowest BCUT2D eigenvalue weighted by Crippen LogP contribution is -2.00. The second kappa shape index (κ2) is 4.89. The SMILES string of the molecule is Cc1ccccc1C1=CC=CC1c1ccccc1C. The fourth-order valence-electron chi connectivity index (χ4n) is 2.84. The topological polar surface area (TPSA) is 0 Å². The summed E-state index contributed by atoms with van der Waals surface area (Å²) in [4.78, 5) is 0. The van der Waals surface area contributed by atoms with Crippen molar-refractivity contribution in [3.63, 3.8) is 0 Å². The third kappa shape index (κ3) is 2.15. The van der Waals surface area contributed by atoms with E-state index < -0.39 is 0 Å². The molecule has 0 radical (unpaired) electrons. The first-order chi connectivity index (χ1) is 9.27. The van der Waals surface area contributed by atoms with Crippen LogP contribution in [0.4, 0.5) is 0 Å². The van der Waals surface area contributed by atoms with Crippen molar-refractivity contribution in [1.82, 2.24) is 0 Å². The Bertz CT molecular complexity index is 659. The molecule has 0 fully saturated rings. The van der Waals surface area contributed by atoms with Crippen molar-refractivity contribution in [2.75, 3.05) is 0 Å². The molecule has 0 heteroatoms. The van der Waals surface area contributed by atoms with E-state index in [-0.39, 0.29) is 0 Å². The summed E-state index contributed by atoms with van der Waals surface area (Å²) in [5, 5.41) is 0. The van der Waals surface area contributed by atoms with Gasteiger partial charge in [0.25, 0.3) is 0 Å². The number of rotatable bonds is 2. The van der Waals surface area contributed by atoms with Crippen LogP contribution in [0.25, 0.3) is 5.57 Å². The number of allylic oxidation sites excluding steroid dienone is 4. The van der Waals surface area contributed by atoms with Gasteiger partial charge in [-0.3, -0.25) is 0 Å². The first-order valence-electron chi connectivity index (χ1n) is 6.77. The van der Waals surface area contributed by atoms with Crippen LogP contribution < -0.4 is 0 Å². The molecule has 2 aromatic carbocycles. The zero-order valence-electron chi connectivity index (χ0n) is 11.4. The normalized spacial score (nSPS) is 17.6. The summed E-state index contributed by atoms with van der Waals surface area (Å²) in [5.41, 5.74) is 6.88. The quantitative estimate of drug-likeness (QED) is 0.696. The maximum atomic E-state index is 2.30. The van der Waals surface area contributed by atoms with Crippen LogP contribution in [0.2, 0.25) is 0 Å². The highest BCUT2D eigenvalue weighted by molar-refractivity contribution is 5.79. The van der Waals surface area contributed by atoms with Crippen molar-refractivity contribution in [3.05, 3.63) is 89.0 Å². The molecule has 0 heterocycles. The van der Waals surface area contributed by atoms with Gasteiger partial charge in [-0.15, -0.1) is 0 Å². The van der Waals surface area contributed by atoms with Crippen molar-refractivity contribution in [1.29, 1.82) is 0 Å². The zero-order chi connectivity index (χ0) is 13.2. The van der Waals surface area contributed by atoms with Gasteiger partial charge in [0.15, 0.2) is 0 Å². The Morgan fingerprint density at radius 2 is 1.47 bits per heavy atom. The Kier molecular flexibility index (Phi) is 3.08. The van der Waals surface area contributed by atoms with Gasteiger partial charge < -0.3 is 0 Å². The molecule has 1 unspecified atom stereocenters. The molecule has 0 aromatic heterocycles. The van der Waals surface area contributed by atoms with Gasteiger partial charge in [-0.05, 0) is 41.7 Å². The standard InChI is InChI=1S/C19H18/c1-14-8-3-5-10-16(14)18-12-7-13-19(18)17-11-6-4-9-15(17)2/h3-13,18H,1-2H3. The number of benzene rings is 2. The largest absolute Gasteiger partial charge is 0.0726 e. The van der Waals surface area contributed by atoms with Gasteiger partial charge in [0.1, 0.15) is 0 Å². The first-order valence-corrected chi connectivity index (χ1v) is 6.77. The molecule has 0 nitrogen and oxygen atoms in total. The van der Waals surface area contributed by atoms with Crippen LogP contribution >= 0.6 is 0 Å². The molecule has 0 N–H and O–H groups in total. The summed E-state index contributed by atoms with van der Waals surface area (Å²) in [6, 6.07) is 17.3. The van der Waals surface area contributed by atoms with Gasteiger partial charge in [0, 0.05) is 5.92 Å². The third-order valence-corrected chi connectivity index (χ3v) is 3.89. The Morgan fingerprint density at radius 3 is 2.21 bits per heavy atom. The van der Waals surface area contributed by atoms with Crippen LogP contribution in [0.1, 0.15) is 28.2 Å². The van der Waals surface area contributed by atoms with Crippen molar-refractivity contribution in [2.24, 2.45) is 0 Å². The Morgan fingerprint density at radius 1 is 0.789 bits per heavy atom. The molecule has 0 bridgehead atoms. The monoisotopic (exact) mass is 246 g/mol. The van der Waals surface area contributed by atoms with Crippen molar-refractivity contribution in [2.45, 2.75) is 19.8 Å². The maximum absolute atomic E-state index is 2.30. The molecule has 1 atom stereocenters. The number of hydrogen-bond donors (Lipinski definition) is 0. The molecule has 94 valence electrons. The second-order valence-corrected chi connectivity index (χ2v) is 5.16. The predicted octanol–water partition coefficient (Wildman–Crippen LogP) is 5.04. The first kappa shape index (κ1) is 12.0. The van der Waals surface area contributed by atoms with Crippen LogP contribution in [0, 0.1) is 13.8 Å². The highest BCUT2D eigenvalue weighted by Gasteiger charge is 2.20. The molecular formula is C19H18. The van der Waals surface area contributed by atoms with Crippen LogP contribution in [-0.2, 0) is 0 Å². The highest BCUT2D eigenvalue weighted by atomic mass is 14.2. The highest BCUT2D eigenvalue weighted by Crippen LogP contribution is 2.39. The summed E-state index contributed by atoms with van der Waals surface area (Å²) >= 11 is 0. The fraction of sp³-hybridized carbons (Fsp3) is 0.158. The van der Waals surface area contributed by atoms with E-state index in [0.29, 0.717) is 5.92 Å². The Hall–Kier alpha value is -2.08. The van der Waals surface area contributed by atoms with Gasteiger partial charge in [-0.2, -0.15) is 0 Å². The molecule has 3 rings (SSSR count). The van der Waals surface area contributed by atoms with E-state index in [9.17, 15) is 0 Å². The fourth-order valence-corrected chi connectivity index (χ4v) is 2.84. The lowest BCUT2D eigenvalue weighted by Gasteiger charge is -2.18. The van der Waals surface area contributed by atoms with Crippen molar-refractivity contribution < 1.29 is 0 Å². The number of aryl methyl sites for hydroxylation is 2. The molecule has 0 spiro atoms. The minimum absolute atomic E-state index is 0.391. The predicted molar refractivity (Wildman–Crippen MR) is 82.2 cm³/mol. The second-order valence-electron chi connectivity index (χ2n) is 5.16. The molecule has 0 aliphatic heterocycles. The molecule has 2 aromatic rings. The van der Waals surface area contributed by atoms with Gasteiger partial charge in [-0.1, -0.05) is 66.8 Å². The van der Waals surface area contributed by atoms with E-state index in [2.05, 4.69) is 80.6 Å². The summed E-state index contributed by atoms with van der Waals surface area (Å²) in [7, 11) is 0. The molecule has 1 aliphatic carbocycles. The van der Waals surface area contributed by atoms with Crippen molar-refractivity contribution >= 4 is 5.57 Å². The van der Waals surface area contributed by atoms with Crippen LogP contribution in [-0.4, -0.2) is 0 Å². The Balaban J connectivity index is 2.05. The minimum atomic E-state index is 0.391. The van der Waals surface area contributed by atoms with Gasteiger partial charge in [0.05, 0.1) is 0 Å². The van der Waals surface area contributed by atoms with Crippen LogP contribution in [0.5, 0.6) is 0 Å². The van der Waals surface area contributed by atoms with Crippen LogP contribution in [0.3, 0.4) is 0 Å². The van der Waals surface area contributed by atoms with Gasteiger partial charge >= 0.3 is 0 Å². The molecular weight excluding hydrogens is 228 g/mol. The van der Waals surface area contributed by atoms with E-state index in [4.69, 9.17) is 0 Å². The lowest BCUT2D eigenvalue weighted by atomic mass is 9.85. The summed E-state index contributed by atoms with van der Waals surface area (Å²) < 4.78 is 0. The summed E-state index contributed by atoms with van der Waals surface area (Å²) in [5.74, 6) is 0.391. The average molecular weight is 246 g/mol. The van der Waals surface area contributed by atoms with Gasteiger partial charge in [-0.25, -0.2) is 0 Å². The maximum Gasteiger partial charge on any atom is 0.0281 e. The summed E-state index contributed by atoms with van der Waals surface area (Å²) in [6.45, 7) is 4.38.